The highest BCUT2D eigenvalue weighted by Gasteiger charge is 2.51. The highest BCUT2D eigenvalue weighted by Crippen LogP contribution is 2.55. The first-order valence-corrected chi connectivity index (χ1v) is 10.9. The second-order valence-corrected chi connectivity index (χ2v) is 9.77. The van der Waals surface area contributed by atoms with E-state index in [0.717, 1.165) is 63.1 Å². The van der Waals surface area contributed by atoms with Crippen LogP contribution in [0.2, 0.25) is 0 Å². The summed E-state index contributed by atoms with van der Waals surface area (Å²) in [5.41, 5.74) is -0.0643. The Morgan fingerprint density at radius 3 is 2.07 bits per heavy atom. The molecule has 3 N–H and O–H groups in total. The van der Waals surface area contributed by atoms with Crippen molar-refractivity contribution in [3.8, 4) is 0 Å². The molecule has 6 heteroatoms. The maximum Gasteiger partial charge on any atom is 0.321 e. The highest BCUT2D eigenvalue weighted by atomic mass is 16.5. The average molecular weight is 378 g/mol. The van der Waals surface area contributed by atoms with Gasteiger partial charge in [-0.25, -0.2) is 4.79 Å². The van der Waals surface area contributed by atoms with E-state index in [0.29, 0.717) is 5.92 Å². The highest BCUT2D eigenvalue weighted by molar-refractivity contribution is 5.97. The van der Waals surface area contributed by atoms with E-state index in [4.69, 9.17) is 4.74 Å². The zero-order chi connectivity index (χ0) is 19.0. The van der Waals surface area contributed by atoms with Crippen molar-refractivity contribution in [2.75, 3.05) is 13.2 Å². The second-order valence-electron chi connectivity index (χ2n) is 9.77. The van der Waals surface area contributed by atoms with Crippen LogP contribution in [0.1, 0.15) is 65.2 Å². The summed E-state index contributed by atoms with van der Waals surface area (Å²) in [6.07, 6.45) is 9.34. The van der Waals surface area contributed by atoms with Gasteiger partial charge in [-0.3, -0.25) is 10.1 Å². The van der Waals surface area contributed by atoms with E-state index in [1.54, 1.807) is 0 Å². The fourth-order valence-corrected chi connectivity index (χ4v) is 6.58. The fraction of sp³-hybridized carbons (Fsp3) is 0.905. The number of urea groups is 1. The predicted molar refractivity (Wildman–Crippen MR) is 103 cm³/mol. The van der Waals surface area contributed by atoms with Crippen molar-refractivity contribution < 1.29 is 14.3 Å². The molecule has 2 unspecified atom stereocenters. The molecule has 27 heavy (non-hydrogen) atoms. The number of hydrogen-bond acceptors (Lipinski definition) is 4. The van der Waals surface area contributed by atoms with E-state index in [-0.39, 0.29) is 29.6 Å². The number of hydrogen-bond donors (Lipinski definition) is 3. The van der Waals surface area contributed by atoms with Gasteiger partial charge in [-0.05, 0) is 88.9 Å². The predicted octanol–water partition coefficient (Wildman–Crippen LogP) is 2.57. The largest absolute Gasteiger partial charge is 0.381 e. The maximum absolute atomic E-state index is 12.5. The van der Waals surface area contributed by atoms with Crippen molar-refractivity contribution in [1.29, 1.82) is 0 Å². The van der Waals surface area contributed by atoms with Gasteiger partial charge in [0, 0.05) is 24.8 Å². The van der Waals surface area contributed by atoms with Gasteiger partial charge < -0.3 is 15.4 Å². The van der Waals surface area contributed by atoms with Gasteiger partial charge >= 0.3 is 6.03 Å². The molecule has 5 rings (SSSR count). The van der Waals surface area contributed by atoms with E-state index in [2.05, 4.69) is 22.9 Å². The molecular weight excluding hydrogens is 342 g/mol. The molecule has 152 valence electrons. The molecule has 0 aromatic heterocycles. The van der Waals surface area contributed by atoms with Crippen molar-refractivity contribution in [2.24, 2.45) is 23.7 Å². The van der Waals surface area contributed by atoms with Crippen LogP contribution in [0.4, 0.5) is 4.79 Å². The molecular formula is C21H35N3O3. The Labute approximate surface area is 162 Å². The quantitative estimate of drug-likeness (QED) is 0.688. The summed E-state index contributed by atoms with van der Waals surface area (Å²) in [4.78, 5) is 25.0. The number of carbonyl (C=O) groups is 2. The van der Waals surface area contributed by atoms with Crippen molar-refractivity contribution in [1.82, 2.24) is 16.0 Å². The number of amides is 3. The van der Waals surface area contributed by atoms with Gasteiger partial charge in [0.15, 0.2) is 0 Å². The molecule has 0 spiro atoms. The minimum Gasteiger partial charge on any atom is -0.381 e. The van der Waals surface area contributed by atoms with Gasteiger partial charge in [0.25, 0.3) is 0 Å². The smallest absolute Gasteiger partial charge is 0.321 e. The van der Waals surface area contributed by atoms with Gasteiger partial charge in [0.2, 0.25) is 5.91 Å². The molecule has 5 fully saturated rings. The summed E-state index contributed by atoms with van der Waals surface area (Å²) >= 11 is 0. The van der Waals surface area contributed by atoms with Gasteiger partial charge in [0.1, 0.15) is 0 Å². The van der Waals surface area contributed by atoms with E-state index >= 15 is 0 Å². The standard InChI is InChI=1S/C21H35N3O3/c1-13(18-3-5-27-6-4-18)22-14(2)19(25)23-20(26)24-21-10-15-7-16(11-21)9-17(8-15)12-21/h13-18,22H,3-12H2,1-2H3,(H2,23,24,25,26). The molecule has 2 atom stereocenters. The van der Waals surface area contributed by atoms with E-state index < -0.39 is 0 Å². The van der Waals surface area contributed by atoms with Crippen LogP contribution >= 0.6 is 0 Å². The topological polar surface area (TPSA) is 79.5 Å². The van der Waals surface area contributed by atoms with Crippen LogP contribution < -0.4 is 16.0 Å². The molecule has 4 saturated carbocycles. The molecule has 0 aromatic carbocycles. The third kappa shape index (κ3) is 4.32. The first-order chi connectivity index (χ1) is 12.9. The molecule has 0 radical (unpaired) electrons. The number of carbonyl (C=O) groups excluding carboxylic acids is 2. The Kier molecular flexibility index (Phi) is 5.48. The van der Waals surface area contributed by atoms with E-state index in [1.807, 2.05) is 6.92 Å². The van der Waals surface area contributed by atoms with E-state index in [9.17, 15) is 9.59 Å². The zero-order valence-corrected chi connectivity index (χ0v) is 16.8. The molecule has 1 aliphatic heterocycles. The van der Waals surface area contributed by atoms with Gasteiger partial charge in [-0.1, -0.05) is 0 Å². The third-order valence-corrected chi connectivity index (χ3v) is 7.53. The Bertz CT molecular complexity index is 538. The number of nitrogens with one attached hydrogen (secondary N) is 3. The minimum absolute atomic E-state index is 0.0643. The summed E-state index contributed by atoms with van der Waals surface area (Å²) in [6.45, 7) is 5.55. The lowest BCUT2D eigenvalue weighted by Crippen LogP contribution is -2.62. The minimum atomic E-state index is -0.384. The fourth-order valence-electron chi connectivity index (χ4n) is 6.58. The SMILES string of the molecule is CC(NC(C)C1CCOCC1)C(=O)NC(=O)NC12CC3CC(CC(C3)C1)C2. The van der Waals surface area contributed by atoms with E-state index in [1.165, 1.54) is 19.3 Å². The Hall–Kier alpha value is -1.14. The number of rotatable bonds is 5. The lowest BCUT2D eigenvalue weighted by molar-refractivity contribution is -0.122. The third-order valence-electron chi connectivity index (χ3n) is 7.53. The van der Waals surface area contributed by atoms with Crippen LogP contribution in [-0.2, 0) is 9.53 Å². The summed E-state index contributed by atoms with van der Waals surface area (Å²) in [6, 6.07) is -0.458. The van der Waals surface area contributed by atoms with Crippen molar-refractivity contribution in [3.63, 3.8) is 0 Å². The van der Waals surface area contributed by atoms with Gasteiger partial charge in [0.05, 0.1) is 6.04 Å². The lowest BCUT2D eigenvalue weighted by Gasteiger charge is -2.56. The Balaban J connectivity index is 1.26. The van der Waals surface area contributed by atoms with Crippen molar-refractivity contribution in [2.45, 2.75) is 82.8 Å². The van der Waals surface area contributed by atoms with Crippen LogP contribution in [0.5, 0.6) is 0 Å². The van der Waals surface area contributed by atoms with Crippen molar-refractivity contribution in [3.05, 3.63) is 0 Å². The lowest BCUT2D eigenvalue weighted by atomic mass is 9.53. The van der Waals surface area contributed by atoms with Crippen LogP contribution in [0, 0.1) is 23.7 Å². The maximum atomic E-state index is 12.5. The molecule has 3 amide bonds. The Morgan fingerprint density at radius 1 is 0.963 bits per heavy atom. The van der Waals surface area contributed by atoms with Crippen LogP contribution in [0.25, 0.3) is 0 Å². The second kappa shape index (κ2) is 7.70. The number of imide groups is 1. The van der Waals surface area contributed by atoms with Crippen LogP contribution in [0.3, 0.4) is 0 Å². The first kappa shape index (κ1) is 19.2. The van der Waals surface area contributed by atoms with Gasteiger partial charge in [-0.2, -0.15) is 0 Å². The normalized spacial score (nSPS) is 37.6. The molecule has 1 saturated heterocycles. The summed E-state index contributed by atoms with van der Waals surface area (Å²) in [5, 5.41) is 9.17. The van der Waals surface area contributed by atoms with Crippen LogP contribution in [0.15, 0.2) is 0 Å². The summed E-state index contributed by atoms with van der Waals surface area (Å²) in [7, 11) is 0. The first-order valence-electron chi connectivity index (χ1n) is 10.9. The molecule has 4 bridgehead atoms. The molecule has 5 aliphatic rings. The van der Waals surface area contributed by atoms with Crippen LogP contribution in [-0.4, -0.2) is 42.8 Å². The number of ether oxygens (including phenoxy) is 1. The average Bonchev–Trinajstić information content (AvgIpc) is 2.60. The van der Waals surface area contributed by atoms with Crippen molar-refractivity contribution >= 4 is 11.9 Å². The van der Waals surface area contributed by atoms with Gasteiger partial charge in [-0.15, -0.1) is 0 Å². The monoisotopic (exact) mass is 377 g/mol. The summed E-state index contributed by atoms with van der Waals surface area (Å²) in [5.74, 6) is 2.60. The zero-order valence-electron chi connectivity index (χ0n) is 16.8. The molecule has 6 nitrogen and oxygen atoms in total. The Morgan fingerprint density at radius 2 is 1.52 bits per heavy atom. The molecule has 1 heterocycles. The summed E-state index contributed by atoms with van der Waals surface area (Å²) < 4.78 is 5.41. The molecule has 0 aromatic rings. The molecule has 4 aliphatic carbocycles.